The van der Waals surface area contributed by atoms with Crippen molar-refractivity contribution in [2.75, 3.05) is 0 Å². The Bertz CT molecular complexity index is 481. The average Bonchev–Trinajstić information content (AvgIpc) is 2.75. The minimum atomic E-state index is -1.26. The molecular weight excluding hydrogens is 284 g/mol. The van der Waals surface area contributed by atoms with Crippen LogP contribution in [-0.2, 0) is 14.3 Å². The van der Waals surface area contributed by atoms with Gasteiger partial charge in [-0.2, -0.15) is 0 Å². The zero-order chi connectivity index (χ0) is 16.4. The molecule has 6 atom stereocenters. The van der Waals surface area contributed by atoms with Crippen molar-refractivity contribution in [3.63, 3.8) is 0 Å². The standard InChI is InChI=1S/C17H26O5/c1-5-9(2)8-10(3)6-7-12-14(18)15(19)13-16(22-12)11(4)21-17(13)20/h6-7,9-12,14-15,18-19H,5,8H2,1-4H3/b7-6-/t9-,10-,11+,12+,14+,15+/m0/s1. The van der Waals surface area contributed by atoms with Crippen LogP contribution >= 0.6 is 0 Å². The van der Waals surface area contributed by atoms with E-state index in [0.717, 1.165) is 12.8 Å². The summed E-state index contributed by atoms with van der Waals surface area (Å²) >= 11 is 0. The lowest BCUT2D eigenvalue weighted by molar-refractivity contribution is -0.140. The summed E-state index contributed by atoms with van der Waals surface area (Å²) in [5.74, 6) is 0.725. The molecule has 124 valence electrons. The number of hydrogen-bond acceptors (Lipinski definition) is 5. The smallest absolute Gasteiger partial charge is 0.341 e. The molecule has 0 saturated carbocycles. The number of carbonyl (C=O) groups is 1. The maximum absolute atomic E-state index is 11.7. The van der Waals surface area contributed by atoms with Gasteiger partial charge in [0.25, 0.3) is 0 Å². The van der Waals surface area contributed by atoms with Crippen LogP contribution in [0.2, 0.25) is 0 Å². The Labute approximate surface area is 131 Å². The molecule has 0 unspecified atom stereocenters. The summed E-state index contributed by atoms with van der Waals surface area (Å²) < 4.78 is 10.7. The third kappa shape index (κ3) is 3.36. The molecule has 2 N–H and O–H groups in total. The molecule has 2 heterocycles. The van der Waals surface area contributed by atoms with Gasteiger partial charge >= 0.3 is 5.97 Å². The van der Waals surface area contributed by atoms with Crippen LogP contribution in [0.1, 0.15) is 40.5 Å². The fraction of sp³-hybridized carbons (Fsp3) is 0.706. The molecule has 0 amide bonds. The first-order chi connectivity index (χ1) is 10.3. The molecule has 0 saturated heterocycles. The highest BCUT2D eigenvalue weighted by atomic mass is 16.6. The van der Waals surface area contributed by atoms with Crippen LogP contribution in [0.15, 0.2) is 23.5 Å². The fourth-order valence-corrected chi connectivity index (χ4v) is 2.92. The number of rotatable bonds is 5. The molecule has 22 heavy (non-hydrogen) atoms. The van der Waals surface area contributed by atoms with Gasteiger partial charge in [0.15, 0.2) is 11.9 Å². The maximum Gasteiger partial charge on any atom is 0.341 e. The average molecular weight is 310 g/mol. The van der Waals surface area contributed by atoms with E-state index in [2.05, 4.69) is 20.8 Å². The second kappa shape index (κ2) is 6.84. The SMILES string of the molecule is CC[C@H](C)C[C@@H](C)/C=C\[C@H]1OC2=C(C(=O)O[C@@H]2C)[C@@H](O)[C@@H]1O. The predicted octanol–water partition coefficient (Wildman–Crippen LogP) is 1.93. The van der Waals surface area contributed by atoms with Crippen LogP contribution in [0.5, 0.6) is 0 Å². The summed E-state index contributed by atoms with van der Waals surface area (Å²) in [6.07, 6.45) is 2.37. The van der Waals surface area contributed by atoms with Gasteiger partial charge in [-0.1, -0.05) is 33.3 Å². The first-order valence-electron chi connectivity index (χ1n) is 8.01. The first kappa shape index (κ1) is 17.0. The van der Waals surface area contributed by atoms with Crippen LogP contribution in [0, 0.1) is 11.8 Å². The molecular formula is C17H26O5. The van der Waals surface area contributed by atoms with E-state index in [1.807, 2.05) is 6.08 Å². The molecule has 0 bridgehead atoms. The lowest BCUT2D eigenvalue weighted by atomic mass is 9.92. The number of aliphatic hydroxyl groups excluding tert-OH is 2. The van der Waals surface area contributed by atoms with E-state index in [1.54, 1.807) is 13.0 Å². The Hall–Kier alpha value is -1.33. The predicted molar refractivity (Wildman–Crippen MR) is 81.8 cm³/mol. The minimum Gasteiger partial charge on any atom is -0.483 e. The van der Waals surface area contributed by atoms with E-state index in [4.69, 9.17) is 9.47 Å². The van der Waals surface area contributed by atoms with Crippen LogP contribution < -0.4 is 0 Å². The van der Waals surface area contributed by atoms with Crippen LogP contribution in [0.3, 0.4) is 0 Å². The molecule has 2 rings (SSSR count). The number of cyclic esters (lactones) is 1. The quantitative estimate of drug-likeness (QED) is 0.599. The Morgan fingerprint density at radius 3 is 2.59 bits per heavy atom. The highest BCUT2D eigenvalue weighted by Gasteiger charge is 2.46. The van der Waals surface area contributed by atoms with Gasteiger partial charge in [-0.25, -0.2) is 4.79 Å². The van der Waals surface area contributed by atoms with Crippen molar-refractivity contribution < 1.29 is 24.5 Å². The van der Waals surface area contributed by atoms with Crippen LogP contribution in [0.4, 0.5) is 0 Å². The molecule has 0 aromatic carbocycles. The molecule has 0 aromatic heterocycles. The van der Waals surface area contributed by atoms with Crippen molar-refractivity contribution in [1.82, 2.24) is 0 Å². The van der Waals surface area contributed by atoms with Gasteiger partial charge < -0.3 is 19.7 Å². The van der Waals surface area contributed by atoms with Gasteiger partial charge in [0.1, 0.15) is 23.9 Å². The summed E-state index contributed by atoms with van der Waals surface area (Å²) in [6.45, 7) is 8.18. The second-order valence-corrected chi connectivity index (χ2v) is 6.45. The van der Waals surface area contributed by atoms with E-state index >= 15 is 0 Å². The second-order valence-electron chi connectivity index (χ2n) is 6.45. The molecule has 0 fully saturated rings. The van der Waals surface area contributed by atoms with Crippen molar-refractivity contribution in [3.05, 3.63) is 23.5 Å². The van der Waals surface area contributed by atoms with Crippen molar-refractivity contribution in [1.29, 1.82) is 0 Å². The number of allylic oxidation sites excluding steroid dienone is 1. The van der Waals surface area contributed by atoms with E-state index in [1.165, 1.54) is 0 Å². The topological polar surface area (TPSA) is 76.0 Å². The Kier molecular flexibility index (Phi) is 5.29. The van der Waals surface area contributed by atoms with Gasteiger partial charge in [0.05, 0.1) is 0 Å². The number of hydrogen-bond donors (Lipinski definition) is 2. The fourth-order valence-electron chi connectivity index (χ4n) is 2.92. The zero-order valence-corrected chi connectivity index (χ0v) is 13.7. The summed E-state index contributed by atoms with van der Waals surface area (Å²) in [4.78, 5) is 11.7. The summed E-state index contributed by atoms with van der Waals surface area (Å²) in [5, 5.41) is 20.3. The Morgan fingerprint density at radius 1 is 1.27 bits per heavy atom. The lowest BCUT2D eigenvalue weighted by Crippen LogP contribution is -2.44. The van der Waals surface area contributed by atoms with Gasteiger partial charge in [0, 0.05) is 0 Å². The highest BCUT2D eigenvalue weighted by Crippen LogP contribution is 2.34. The molecule has 2 aliphatic heterocycles. The van der Waals surface area contributed by atoms with Gasteiger partial charge in [-0.05, 0) is 31.3 Å². The summed E-state index contributed by atoms with van der Waals surface area (Å²) in [6, 6.07) is 0. The molecule has 0 aliphatic carbocycles. The molecule has 0 radical (unpaired) electrons. The Balaban J connectivity index is 2.07. The zero-order valence-electron chi connectivity index (χ0n) is 13.7. The van der Waals surface area contributed by atoms with Crippen LogP contribution in [-0.4, -0.2) is 40.6 Å². The van der Waals surface area contributed by atoms with E-state index < -0.39 is 30.4 Å². The lowest BCUT2D eigenvalue weighted by Gasteiger charge is -2.31. The third-order valence-corrected chi connectivity index (χ3v) is 4.46. The molecule has 5 heteroatoms. The summed E-state index contributed by atoms with van der Waals surface area (Å²) in [5.41, 5.74) is 0.0531. The van der Waals surface area contributed by atoms with Crippen molar-refractivity contribution >= 4 is 5.97 Å². The molecule has 0 spiro atoms. The van der Waals surface area contributed by atoms with Crippen LogP contribution in [0.25, 0.3) is 0 Å². The highest BCUT2D eigenvalue weighted by molar-refractivity contribution is 5.93. The van der Waals surface area contributed by atoms with Gasteiger partial charge in [-0.3, -0.25) is 0 Å². The normalized spacial score (nSPS) is 34.4. The first-order valence-corrected chi connectivity index (χ1v) is 8.01. The van der Waals surface area contributed by atoms with Gasteiger partial charge in [-0.15, -0.1) is 0 Å². The molecule has 0 aromatic rings. The molecule has 5 nitrogen and oxygen atoms in total. The number of aliphatic hydroxyl groups is 2. The number of ether oxygens (including phenoxy) is 2. The Morgan fingerprint density at radius 2 is 1.95 bits per heavy atom. The summed E-state index contributed by atoms with van der Waals surface area (Å²) in [7, 11) is 0. The number of esters is 1. The third-order valence-electron chi connectivity index (χ3n) is 4.46. The maximum atomic E-state index is 11.7. The largest absolute Gasteiger partial charge is 0.483 e. The minimum absolute atomic E-state index is 0.0531. The van der Waals surface area contributed by atoms with E-state index in [-0.39, 0.29) is 5.57 Å². The van der Waals surface area contributed by atoms with Crippen molar-refractivity contribution in [2.45, 2.75) is 65.0 Å². The van der Waals surface area contributed by atoms with Crippen molar-refractivity contribution in [2.24, 2.45) is 11.8 Å². The molecule has 2 aliphatic rings. The van der Waals surface area contributed by atoms with E-state index in [0.29, 0.717) is 17.6 Å². The van der Waals surface area contributed by atoms with E-state index in [9.17, 15) is 15.0 Å². The van der Waals surface area contributed by atoms with Gasteiger partial charge in [0.2, 0.25) is 0 Å². The monoisotopic (exact) mass is 310 g/mol. The number of carbonyl (C=O) groups excluding carboxylic acids is 1. The van der Waals surface area contributed by atoms with Crippen molar-refractivity contribution in [3.8, 4) is 0 Å².